The number of nitrogens with zero attached hydrogens (tertiary/aromatic N) is 3. The lowest BCUT2D eigenvalue weighted by Gasteiger charge is -2.12. The number of H-pyrrole nitrogens is 1. The average Bonchev–Trinajstić information content (AvgIpc) is 3.20. The van der Waals surface area contributed by atoms with Crippen molar-refractivity contribution in [2.75, 3.05) is 0 Å². The molecule has 0 bridgehead atoms. The van der Waals surface area contributed by atoms with Gasteiger partial charge in [-0.2, -0.15) is 5.10 Å². The normalized spacial score (nSPS) is 12.5. The van der Waals surface area contributed by atoms with Crippen LogP contribution in [0, 0.1) is 12.7 Å². The van der Waals surface area contributed by atoms with Crippen molar-refractivity contribution in [1.82, 2.24) is 25.1 Å². The van der Waals surface area contributed by atoms with E-state index in [1.807, 2.05) is 6.92 Å². The Kier molecular flexibility index (Phi) is 4.33. The first-order valence-electron chi connectivity index (χ1n) is 7.92. The number of rotatable bonds is 5. The smallest absolute Gasteiger partial charge is 0.244 e. The fraction of sp³-hybridized carbons (Fsp3) is 0.353. The van der Waals surface area contributed by atoms with E-state index in [1.165, 1.54) is 29.5 Å². The molecule has 0 aliphatic heterocycles. The number of hydrogen-bond donors (Lipinski definition) is 2. The highest BCUT2D eigenvalue weighted by atomic mass is 19.1. The second-order valence-corrected chi connectivity index (χ2v) is 5.84. The summed E-state index contributed by atoms with van der Waals surface area (Å²) in [6.45, 7) is 6.01. The van der Waals surface area contributed by atoms with E-state index in [4.69, 9.17) is 0 Å². The first kappa shape index (κ1) is 16.2. The molecule has 0 aliphatic carbocycles. The third kappa shape index (κ3) is 2.89. The van der Waals surface area contributed by atoms with Gasteiger partial charge >= 0.3 is 0 Å². The number of halogens is 1. The van der Waals surface area contributed by atoms with Gasteiger partial charge in [-0.3, -0.25) is 4.79 Å². The molecule has 0 spiro atoms. The molecule has 1 atom stereocenters. The summed E-state index contributed by atoms with van der Waals surface area (Å²) in [4.78, 5) is 19.4. The van der Waals surface area contributed by atoms with Crippen molar-refractivity contribution in [1.29, 1.82) is 0 Å². The van der Waals surface area contributed by atoms with E-state index >= 15 is 0 Å². The Hall–Kier alpha value is -2.70. The Bertz CT molecular complexity index is 869. The lowest BCUT2D eigenvalue weighted by atomic mass is 10.1. The van der Waals surface area contributed by atoms with Crippen molar-refractivity contribution in [3.05, 3.63) is 47.4 Å². The van der Waals surface area contributed by atoms with E-state index < -0.39 is 6.04 Å². The Balaban J connectivity index is 1.83. The maximum atomic E-state index is 13.9. The zero-order valence-electron chi connectivity index (χ0n) is 13.9. The van der Waals surface area contributed by atoms with Crippen LogP contribution in [-0.4, -0.2) is 25.7 Å². The van der Waals surface area contributed by atoms with Crippen LogP contribution in [0.2, 0.25) is 0 Å². The van der Waals surface area contributed by atoms with Crippen molar-refractivity contribution in [3.63, 3.8) is 0 Å². The largest absolute Gasteiger partial charge is 0.358 e. The van der Waals surface area contributed by atoms with Gasteiger partial charge in [0.15, 0.2) is 0 Å². The predicted octanol–water partition coefficient (Wildman–Crippen LogP) is 2.65. The summed E-state index contributed by atoms with van der Waals surface area (Å²) in [5.74, 6) is -0.502. The summed E-state index contributed by atoms with van der Waals surface area (Å²) in [6, 6.07) is 2.51. The van der Waals surface area contributed by atoms with E-state index in [0.717, 1.165) is 34.1 Å². The van der Waals surface area contributed by atoms with Gasteiger partial charge in [-0.1, -0.05) is 6.92 Å². The highest BCUT2D eigenvalue weighted by molar-refractivity contribution is 5.88. The van der Waals surface area contributed by atoms with E-state index in [9.17, 15) is 9.18 Å². The lowest BCUT2D eigenvalue weighted by molar-refractivity contribution is -0.124. The minimum absolute atomic E-state index is 0.197. The van der Waals surface area contributed by atoms with E-state index in [1.54, 1.807) is 6.92 Å². The fourth-order valence-electron chi connectivity index (χ4n) is 2.87. The van der Waals surface area contributed by atoms with Crippen molar-refractivity contribution >= 4 is 16.8 Å². The van der Waals surface area contributed by atoms with Crippen LogP contribution in [0.3, 0.4) is 0 Å². The van der Waals surface area contributed by atoms with Gasteiger partial charge in [-0.15, -0.1) is 0 Å². The molecule has 6 nitrogen and oxygen atoms in total. The van der Waals surface area contributed by atoms with Crippen LogP contribution in [-0.2, 0) is 17.8 Å². The number of aromatic amines is 1. The van der Waals surface area contributed by atoms with E-state index in [2.05, 4.69) is 27.3 Å². The standard InChI is InChI=1S/C17H20FN5O/c1-4-15-10(2)14-6-13(18)5-12(16(14)22-15)7-20-17(24)11(3)23-9-19-8-21-23/h5-6,8-9,11,22H,4,7H2,1-3H3,(H,20,24)/t11-/m1/s1. The average molecular weight is 329 g/mol. The lowest BCUT2D eigenvalue weighted by Crippen LogP contribution is -2.31. The van der Waals surface area contributed by atoms with Crippen LogP contribution in [0.4, 0.5) is 4.39 Å². The van der Waals surface area contributed by atoms with E-state index in [-0.39, 0.29) is 18.3 Å². The topological polar surface area (TPSA) is 75.6 Å². The van der Waals surface area contributed by atoms with Gasteiger partial charge in [-0.05, 0) is 43.5 Å². The molecule has 0 unspecified atom stereocenters. The SMILES string of the molecule is CCc1[nH]c2c(CNC(=O)[C@@H](C)n3cncn3)cc(F)cc2c1C. The third-order valence-electron chi connectivity index (χ3n) is 4.34. The first-order chi connectivity index (χ1) is 11.5. The van der Waals surface area contributed by atoms with Crippen LogP contribution >= 0.6 is 0 Å². The Labute approximate surface area is 139 Å². The van der Waals surface area contributed by atoms with Crippen molar-refractivity contribution in [3.8, 4) is 0 Å². The van der Waals surface area contributed by atoms with Crippen molar-refractivity contribution in [2.45, 2.75) is 39.8 Å². The van der Waals surface area contributed by atoms with Crippen LogP contribution in [0.5, 0.6) is 0 Å². The summed E-state index contributed by atoms with van der Waals surface area (Å²) in [5.41, 5.74) is 3.74. The number of carbonyl (C=O) groups is 1. The van der Waals surface area contributed by atoms with Crippen LogP contribution < -0.4 is 5.32 Å². The quantitative estimate of drug-likeness (QED) is 0.755. The zero-order chi connectivity index (χ0) is 17.3. The second kappa shape index (κ2) is 6.43. The first-order valence-corrected chi connectivity index (χ1v) is 7.92. The Morgan fingerprint density at radius 1 is 1.46 bits per heavy atom. The number of nitrogens with one attached hydrogen (secondary N) is 2. The molecule has 0 aliphatic rings. The molecule has 3 aromatic rings. The number of hydrogen-bond acceptors (Lipinski definition) is 3. The molecule has 1 aromatic carbocycles. The Morgan fingerprint density at radius 3 is 2.92 bits per heavy atom. The summed E-state index contributed by atoms with van der Waals surface area (Å²) >= 11 is 0. The van der Waals surface area contributed by atoms with Gasteiger partial charge in [0.2, 0.25) is 5.91 Å². The van der Waals surface area contributed by atoms with Crippen LogP contribution in [0.25, 0.3) is 10.9 Å². The zero-order valence-corrected chi connectivity index (χ0v) is 13.9. The van der Waals surface area contributed by atoms with Crippen molar-refractivity contribution < 1.29 is 9.18 Å². The number of aromatic nitrogens is 4. The fourth-order valence-corrected chi connectivity index (χ4v) is 2.87. The molecule has 126 valence electrons. The Morgan fingerprint density at radius 2 is 2.25 bits per heavy atom. The number of aryl methyl sites for hydroxylation is 2. The molecular weight excluding hydrogens is 309 g/mol. The van der Waals surface area contributed by atoms with E-state index in [0.29, 0.717) is 0 Å². The van der Waals surface area contributed by atoms with Crippen LogP contribution in [0.1, 0.15) is 36.7 Å². The van der Waals surface area contributed by atoms with Crippen LogP contribution in [0.15, 0.2) is 24.8 Å². The molecule has 1 amide bonds. The maximum absolute atomic E-state index is 13.9. The summed E-state index contributed by atoms with van der Waals surface area (Å²) in [5, 5.41) is 7.66. The van der Waals surface area contributed by atoms with Gasteiger partial charge in [-0.25, -0.2) is 14.1 Å². The molecule has 0 saturated heterocycles. The summed E-state index contributed by atoms with van der Waals surface area (Å²) < 4.78 is 15.4. The molecule has 0 fully saturated rings. The van der Waals surface area contributed by atoms with Gasteiger partial charge in [0.25, 0.3) is 0 Å². The third-order valence-corrected chi connectivity index (χ3v) is 4.34. The molecule has 2 aromatic heterocycles. The molecule has 2 N–H and O–H groups in total. The molecular formula is C17H20FN5O. The van der Waals surface area contributed by atoms with Gasteiger partial charge in [0, 0.05) is 17.6 Å². The molecule has 0 saturated carbocycles. The predicted molar refractivity (Wildman–Crippen MR) is 89.0 cm³/mol. The summed E-state index contributed by atoms with van der Waals surface area (Å²) in [6.07, 6.45) is 3.72. The van der Waals surface area contributed by atoms with Crippen molar-refractivity contribution in [2.24, 2.45) is 0 Å². The molecule has 3 rings (SSSR count). The van der Waals surface area contributed by atoms with Gasteiger partial charge in [0.05, 0.1) is 5.52 Å². The highest BCUT2D eigenvalue weighted by Crippen LogP contribution is 2.26. The molecule has 0 radical (unpaired) electrons. The van der Waals surface area contributed by atoms with Gasteiger partial charge in [0.1, 0.15) is 24.5 Å². The molecule has 2 heterocycles. The number of benzene rings is 1. The molecule has 7 heteroatoms. The highest BCUT2D eigenvalue weighted by Gasteiger charge is 2.17. The number of fused-ring (bicyclic) bond motifs is 1. The molecule has 24 heavy (non-hydrogen) atoms. The minimum Gasteiger partial charge on any atom is -0.358 e. The monoisotopic (exact) mass is 329 g/mol. The number of amides is 1. The van der Waals surface area contributed by atoms with Gasteiger partial charge < -0.3 is 10.3 Å². The maximum Gasteiger partial charge on any atom is 0.244 e. The summed E-state index contributed by atoms with van der Waals surface area (Å²) in [7, 11) is 0. The minimum atomic E-state index is -0.479. The number of carbonyl (C=O) groups excluding carboxylic acids is 1. The second-order valence-electron chi connectivity index (χ2n) is 5.84.